The minimum Gasteiger partial charge on any atom is -0.488 e. The lowest BCUT2D eigenvalue weighted by Crippen LogP contribution is -2.10. The smallest absolute Gasteiger partial charge is 0.488 e. The largest absolute Gasteiger partial charge is 0.513 e. The van der Waals surface area contributed by atoms with E-state index in [4.69, 9.17) is 9.47 Å². The fourth-order valence-corrected chi connectivity index (χ4v) is 2.43. The Labute approximate surface area is 145 Å². The molecule has 0 fully saturated rings. The minimum absolute atomic E-state index is 0.0161. The lowest BCUT2D eigenvalue weighted by molar-refractivity contribution is 0.120. The van der Waals surface area contributed by atoms with E-state index in [9.17, 15) is 13.6 Å². The van der Waals surface area contributed by atoms with Crippen LogP contribution in [0.25, 0.3) is 0 Å². The Morgan fingerprint density at radius 3 is 2.48 bits per heavy atom. The van der Waals surface area contributed by atoms with E-state index in [2.05, 4.69) is 4.74 Å². The van der Waals surface area contributed by atoms with E-state index in [0.717, 1.165) is 11.1 Å². The normalized spacial score (nSPS) is 10.6. The number of halogens is 2. The number of methoxy groups -OCH3 is 1. The summed E-state index contributed by atoms with van der Waals surface area (Å²) in [5.41, 5.74) is 2.15. The fourth-order valence-electron chi connectivity index (χ4n) is 2.43. The van der Waals surface area contributed by atoms with Gasteiger partial charge in [0.05, 0.1) is 12.7 Å². The monoisotopic (exact) mass is 350 g/mol. The molecule has 4 nitrogen and oxygen atoms in total. The molecule has 0 aliphatic heterocycles. The Morgan fingerprint density at radius 1 is 1.12 bits per heavy atom. The van der Waals surface area contributed by atoms with Gasteiger partial charge in [0.15, 0.2) is 0 Å². The maximum Gasteiger partial charge on any atom is 0.513 e. The van der Waals surface area contributed by atoms with E-state index in [-0.39, 0.29) is 23.7 Å². The van der Waals surface area contributed by atoms with Gasteiger partial charge in [-0.3, -0.25) is 0 Å². The molecule has 0 atom stereocenters. The van der Waals surface area contributed by atoms with Gasteiger partial charge in [-0.25, -0.2) is 13.6 Å². The van der Waals surface area contributed by atoms with E-state index < -0.39 is 12.6 Å². The summed E-state index contributed by atoms with van der Waals surface area (Å²) in [6, 6.07) is 9.79. The Kier molecular flexibility index (Phi) is 6.33. The van der Waals surface area contributed by atoms with Crippen molar-refractivity contribution in [2.45, 2.75) is 33.3 Å². The zero-order valence-corrected chi connectivity index (χ0v) is 14.3. The van der Waals surface area contributed by atoms with Crippen molar-refractivity contribution in [3.05, 3.63) is 58.7 Å². The van der Waals surface area contributed by atoms with Crippen molar-refractivity contribution >= 4 is 6.16 Å². The Hall–Kier alpha value is -2.63. The Morgan fingerprint density at radius 2 is 1.84 bits per heavy atom. The first kappa shape index (κ1) is 18.7. The molecule has 0 amide bonds. The molecule has 0 unspecified atom stereocenters. The quantitative estimate of drug-likeness (QED) is 0.529. The van der Waals surface area contributed by atoms with Crippen molar-refractivity contribution in [2.75, 3.05) is 7.11 Å². The van der Waals surface area contributed by atoms with E-state index >= 15 is 0 Å². The second-order valence-corrected chi connectivity index (χ2v) is 5.42. The molecule has 0 aromatic heterocycles. The van der Waals surface area contributed by atoms with Gasteiger partial charge in [-0.15, -0.1) is 0 Å². The molecule has 0 heterocycles. The summed E-state index contributed by atoms with van der Waals surface area (Å²) in [5, 5.41) is 0. The van der Waals surface area contributed by atoms with Crippen molar-refractivity contribution in [1.82, 2.24) is 0 Å². The number of benzene rings is 2. The molecule has 0 bridgehead atoms. The number of rotatable bonds is 6. The van der Waals surface area contributed by atoms with Crippen LogP contribution >= 0.6 is 0 Å². The van der Waals surface area contributed by atoms with E-state index in [1.165, 1.54) is 13.2 Å². The number of ether oxygens (including phenoxy) is 3. The maximum absolute atomic E-state index is 13.3. The van der Waals surface area contributed by atoms with Crippen LogP contribution in [0, 0.1) is 6.92 Å². The van der Waals surface area contributed by atoms with E-state index in [1.807, 2.05) is 13.8 Å². The van der Waals surface area contributed by atoms with Crippen LogP contribution in [0.3, 0.4) is 0 Å². The molecule has 0 radical (unpaired) electrons. The summed E-state index contributed by atoms with van der Waals surface area (Å²) in [6.45, 7) is 3.76. The highest BCUT2D eigenvalue weighted by atomic mass is 19.3. The molecule has 0 aliphatic rings. The highest BCUT2D eigenvalue weighted by Gasteiger charge is 2.17. The lowest BCUT2D eigenvalue weighted by Gasteiger charge is -2.16. The third-order valence-electron chi connectivity index (χ3n) is 3.80. The molecule has 2 aromatic carbocycles. The highest BCUT2D eigenvalue weighted by Crippen LogP contribution is 2.33. The topological polar surface area (TPSA) is 44.8 Å². The second-order valence-electron chi connectivity index (χ2n) is 5.42. The van der Waals surface area contributed by atoms with Gasteiger partial charge in [-0.1, -0.05) is 25.1 Å². The molecular weight excluding hydrogens is 330 g/mol. The van der Waals surface area contributed by atoms with Crippen LogP contribution in [0.5, 0.6) is 11.5 Å². The minimum atomic E-state index is -2.64. The van der Waals surface area contributed by atoms with Crippen LogP contribution in [0.1, 0.15) is 35.6 Å². The number of hydrogen-bond acceptors (Lipinski definition) is 4. The first-order chi connectivity index (χ1) is 12.0. The molecule has 0 N–H and O–H groups in total. The number of carbonyl (C=O) groups excluding carboxylic acids is 1. The van der Waals surface area contributed by atoms with Crippen molar-refractivity contribution < 1.29 is 27.8 Å². The van der Waals surface area contributed by atoms with Crippen LogP contribution < -0.4 is 9.47 Å². The molecule has 0 aliphatic carbocycles. The van der Waals surface area contributed by atoms with Gasteiger partial charge >= 0.3 is 6.16 Å². The maximum atomic E-state index is 13.3. The van der Waals surface area contributed by atoms with Crippen molar-refractivity contribution in [3.63, 3.8) is 0 Å². The van der Waals surface area contributed by atoms with Crippen LogP contribution in [-0.2, 0) is 17.8 Å². The summed E-state index contributed by atoms with van der Waals surface area (Å²) >= 11 is 0. The first-order valence-corrected chi connectivity index (χ1v) is 7.84. The Balaban J connectivity index is 2.24. The molecule has 0 saturated carbocycles. The van der Waals surface area contributed by atoms with Crippen LogP contribution in [0.15, 0.2) is 36.4 Å². The van der Waals surface area contributed by atoms with E-state index in [0.29, 0.717) is 12.0 Å². The van der Waals surface area contributed by atoms with Crippen molar-refractivity contribution in [2.24, 2.45) is 0 Å². The van der Waals surface area contributed by atoms with Crippen LogP contribution in [0.2, 0.25) is 0 Å². The predicted octanol–water partition coefficient (Wildman–Crippen LogP) is 5.22. The fraction of sp³-hybridized carbons (Fsp3) is 0.316. The van der Waals surface area contributed by atoms with Gasteiger partial charge in [0.2, 0.25) is 0 Å². The summed E-state index contributed by atoms with van der Waals surface area (Å²) in [7, 11) is 1.20. The summed E-state index contributed by atoms with van der Waals surface area (Å²) in [6.07, 6.45) is -2.83. The molecule has 2 rings (SSSR count). The lowest BCUT2D eigenvalue weighted by atomic mass is 10.0. The average Bonchev–Trinajstić information content (AvgIpc) is 2.60. The van der Waals surface area contributed by atoms with Gasteiger partial charge in [0.1, 0.15) is 18.1 Å². The number of hydrogen-bond donors (Lipinski definition) is 0. The van der Waals surface area contributed by atoms with Crippen LogP contribution in [-0.4, -0.2) is 13.3 Å². The molecule has 6 heteroatoms. The third kappa shape index (κ3) is 4.68. The first-order valence-electron chi connectivity index (χ1n) is 7.84. The molecule has 134 valence electrons. The standard InChI is InChI=1S/C19H20F2O4/c1-4-13-10-15(18(20)21)17(9-12(13)2)24-11-14-7-5-6-8-16(14)25-19(22)23-3/h5-10,18H,4,11H2,1-3H3. The second kappa shape index (κ2) is 8.46. The number of aryl methyl sites for hydroxylation is 2. The van der Waals surface area contributed by atoms with Gasteiger partial charge in [-0.05, 0) is 42.7 Å². The Bertz CT molecular complexity index is 744. The van der Waals surface area contributed by atoms with Crippen LogP contribution in [0.4, 0.5) is 13.6 Å². The number of carbonyl (C=O) groups is 1. The van der Waals surface area contributed by atoms with Gasteiger partial charge in [0, 0.05) is 5.56 Å². The van der Waals surface area contributed by atoms with Gasteiger partial charge in [0.25, 0.3) is 6.43 Å². The summed E-state index contributed by atoms with van der Waals surface area (Å²) < 4.78 is 41.8. The molecule has 0 spiro atoms. The molecular formula is C19H20F2O4. The average molecular weight is 350 g/mol. The van der Waals surface area contributed by atoms with E-state index in [1.54, 1.807) is 30.3 Å². The number of para-hydroxylation sites is 1. The molecule has 25 heavy (non-hydrogen) atoms. The zero-order chi connectivity index (χ0) is 18.4. The predicted molar refractivity (Wildman–Crippen MR) is 89.3 cm³/mol. The SMILES string of the molecule is CCc1cc(C(F)F)c(OCc2ccccc2OC(=O)OC)cc1C. The highest BCUT2D eigenvalue weighted by molar-refractivity contribution is 5.64. The van der Waals surface area contributed by atoms with Crippen molar-refractivity contribution in [1.29, 1.82) is 0 Å². The molecule has 2 aromatic rings. The number of alkyl halides is 2. The third-order valence-corrected chi connectivity index (χ3v) is 3.80. The van der Waals surface area contributed by atoms with Gasteiger partial charge in [-0.2, -0.15) is 0 Å². The summed E-state index contributed by atoms with van der Waals surface area (Å²) in [4.78, 5) is 11.3. The zero-order valence-electron chi connectivity index (χ0n) is 14.3. The van der Waals surface area contributed by atoms with Gasteiger partial charge < -0.3 is 14.2 Å². The van der Waals surface area contributed by atoms with Crippen molar-refractivity contribution in [3.8, 4) is 11.5 Å². The summed E-state index contributed by atoms with van der Waals surface area (Å²) in [5.74, 6) is 0.382. The molecule has 0 saturated heterocycles.